The average Bonchev–Trinajstić information content (AvgIpc) is 3.34. The molecule has 0 saturated heterocycles. The monoisotopic (exact) mass is 421 g/mol. The molecule has 0 bridgehead atoms. The van der Waals surface area contributed by atoms with Crippen LogP contribution in [0.1, 0.15) is 12.8 Å². The Labute approximate surface area is 160 Å². The highest BCUT2D eigenvalue weighted by Gasteiger charge is 2.29. The van der Waals surface area contributed by atoms with E-state index < -0.39 is 5.82 Å². The van der Waals surface area contributed by atoms with Gasteiger partial charge in [-0.15, -0.1) is 0 Å². The quantitative estimate of drug-likeness (QED) is 0.684. The summed E-state index contributed by atoms with van der Waals surface area (Å²) < 4.78 is 23.5. The van der Waals surface area contributed by atoms with Crippen LogP contribution in [0.2, 0.25) is 0 Å². The van der Waals surface area contributed by atoms with Crippen molar-refractivity contribution in [3.8, 4) is 17.0 Å². The van der Waals surface area contributed by atoms with Gasteiger partial charge in [0.1, 0.15) is 11.6 Å². The first-order chi connectivity index (χ1) is 12.4. The summed E-state index contributed by atoms with van der Waals surface area (Å²) in [4.78, 5) is 5.60. The molecule has 0 aliphatic heterocycles. The van der Waals surface area contributed by atoms with E-state index in [1.807, 2.05) is 19.0 Å². The molecule has 8 heteroatoms. The van der Waals surface area contributed by atoms with Gasteiger partial charge >= 0.3 is 0 Å². The van der Waals surface area contributed by atoms with Crippen molar-refractivity contribution in [1.29, 1.82) is 0 Å². The van der Waals surface area contributed by atoms with Crippen molar-refractivity contribution in [1.82, 2.24) is 14.7 Å². The third-order valence-electron chi connectivity index (χ3n) is 4.14. The minimum Gasteiger partial charge on any atom is -0.501 e. The first-order valence-corrected chi connectivity index (χ1v) is 9.18. The first-order valence-electron chi connectivity index (χ1n) is 8.39. The molecule has 0 radical (unpaired) electrons. The van der Waals surface area contributed by atoms with Crippen LogP contribution in [0.25, 0.3) is 16.1 Å². The molecule has 2 aromatic rings. The highest BCUT2D eigenvalue weighted by molar-refractivity contribution is 9.10. The van der Waals surface area contributed by atoms with Crippen molar-refractivity contribution in [3.05, 3.63) is 34.0 Å². The number of anilines is 1. The second-order valence-corrected chi connectivity index (χ2v) is 7.44. The van der Waals surface area contributed by atoms with Gasteiger partial charge in [0.25, 0.3) is 0 Å². The molecular weight excluding hydrogens is 401 g/mol. The van der Waals surface area contributed by atoms with Gasteiger partial charge in [-0.1, -0.05) is 0 Å². The molecule has 1 aromatic heterocycles. The molecule has 3 rings (SSSR count). The van der Waals surface area contributed by atoms with Crippen molar-refractivity contribution < 1.29 is 9.13 Å². The van der Waals surface area contributed by atoms with Gasteiger partial charge < -0.3 is 15.0 Å². The third kappa shape index (κ3) is 3.84. The topological polar surface area (TPSA) is 46.7 Å². The number of hydrogen-bond donors (Lipinski definition) is 1. The van der Waals surface area contributed by atoms with E-state index in [2.05, 4.69) is 31.2 Å². The molecule has 6 nitrogen and oxygen atoms in total. The molecule has 0 amide bonds. The lowest BCUT2D eigenvalue weighted by atomic mass is 10.1. The zero-order chi connectivity index (χ0) is 18.8. The zero-order valence-corrected chi connectivity index (χ0v) is 16.6. The second kappa shape index (κ2) is 7.64. The van der Waals surface area contributed by atoms with E-state index in [1.165, 1.54) is 0 Å². The molecule has 138 valence electrons. The van der Waals surface area contributed by atoms with E-state index in [-0.39, 0.29) is 17.4 Å². The molecule has 1 aliphatic carbocycles. The molecule has 1 saturated carbocycles. The highest BCUT2D eigenvalue weighted by atomic mass is 79.9. The van der Waals surface area contributed by atoms with Crippen molar-refractivity contribution >= 4 is 27.3 Å². The fourth-order valence-electron chi connectivity index (χ4n) is 2.64. The van der Waals surface area contributed by atoms with Crippen LogP contribution >= 0.6 is 15.9 Å². The number of halogens is 2. The van der Waals surface area contributed by atoms with Gasteiger partial charge in [-0.3, -0.25) is 4.68 Å². The molecule has 0 atom stereocenters. The molecule has 0 unspecified atom stereocenters. The van der Waals surface area contributed by atoms with Crippen LogP contribution in [0.4, 0.5) is 15.8 Å². The number of aromatic nitrogens is 2. The smallest absolute Gasteiger partial charge is 0.240 e. The molecule has 1 N–H and O–H groups in total. The van der Waals surface area contributed by atoms with Gasteiger partial charge in [0.05, 0.1) is 34.7 Å². The number of benzene rings is 1. The second-order valence-electron chi connectivity index (χ2n) is 6.58. The molecule has 1 heterocycles. The Bertz CT molecular complexity index is 835. The maximum absolute atomic E-state index is 15.4. The van der Waals surface area contributed by atoms with Crippen molar-refractivity contribution in [2.24, 2.45) is 7.05 Å². The van der Waals surface area contributed by atoms with E-state index in [1.54, 1.807) is 24.0 Å². The number of rotatable bonds is 7. The maximum atomic E-state index is 15.4. The summed E-state index contributed by atoms with van der Waals surface area (Å²) in [6, 6.07) is 1.60. The van der Waals surface area contributed by atoms with E-state index >= 15 is 4.39 Å². The summed E-state index contributed by atoms with van der Waals surface area (Å²) in [5, 5.41) is 7.29. The minimum atomic E-state index is -0.470. The Morgan fingerprint density at radius 2 is 2.23 bits per heavy atom. The number of ether oxygens (including phenoxy) is 1. The standard InChI is InChI=1S/C18H21BrFN5O/c1-21-17-14(26-11-5-6-11)9-13(22-7-8-24(2)3)16(20)15(17)18-12(19)10-23-25(18)4/h9-11,22H,5-8H2,2-4H3. The lowest BCUT2D eigenvalue weighted by molar-refractivity contribution is 0.305. The number of aryl methyl sites for hydroxylation is 1. The number of nitrogens with one attached hydrogen (secondary N) is 1. The Morgan fingerprint density at radius 1 is 1.50 bits per heavy atom. The Balaban J connectivity index is 2.11. The van der Waals surface area contributed by atoms with Gasteiger partial charge in [0.15, 0.2) is 0 Å². The van der Waals surface area contributed by atoms with Crippen LogP contribution < -0.4 is 10.1 Å². The predicted molar refractivity (Wildman–Crippen MR) is 103 cm³/mol. The largest absolute Gasteiger partial charge is 0.501 e. The summed E-state index contributed by atoms with van der Waals surface area (Å²) in [6.45, 7) is 8.94. The van der Waals surface area contributed by atoms with Crippen molar-refractivity contribution in [2.75, 3.05) is 32.5 Å². The van der Waals surface area contributed by atoms with Crippen LogP contribution in [0.3, 0.4) is 0 Å². The Kier molecular flexibility index (Phi) is 5.49. The lowest BCUT2D eigenvalue weighted by Gasteiger charge is -2.18. The molecule has 1 aliphatic rings. The van der Waals surface area contributed by atoms with Crippen molar-refractivity contribution in [2.45, 2.75) is 18.9 Å². The number of likely N-dealkylation sites (N-methyl/N-ethyl adjacent to an activating group) is 1. The number of hydrogen-bond acceptors (Lipinski definition) is 4. The van der Waals surface area contributed by atoms with Gasteiger partial charge in [-0.05, 0) is 48.9 Å². The molecule has 1 aromatic carbocycles. The summed E-state index contributed by atoms with van der Waals surface area (Å²) >= 11 is 3.41. The SMILES string of the molecule is [C-]#[N+]c1c(OC2CC2)cc(NCCN(C)C)c(F)c1-c1c(Br)cnn1C. The Hall–Kier alpha value is -2.11. The van der Waals surface area contributed by atoms with Crippen LogP contribution in [0.15, 0.2) is 16.7 Å². The minimum absolute atomic E-state index is 0.110. The summed E-state index contributed by atoms with van der Waals surface area (Å²) in [6.07, 6.45) is 3.63. The lowest BCUT2D eigenvalue weighted by Crippen LogP contribution is -2.21. The van der Waals surface area contributed by atoms with Crippen LogP contribution in [-0.4, -0.2) is 48.0 Å². The molecule has 1 fully saturated rings. The van der Waals surface area contributed by atoms with E-state index in [0.717, 1.165) is 19.4 Å². The predicted octanol–water partition coefficient (Wildman–Crippen LogP) is 4.05. The van der Waals surface area contributed by atoms with Crippen LogP contribution in [-0.2, 0) is 7.05 Å². The Morgan fingerprint density at radius 3 is 2.77 bits per heavy atom. The average molecular weight is 422 g/mol. The van der Waals surface area contributed by atoms with Gasteiger partial charge in [-0.2, -0.15) is 5.10 Å². The summed E-state index contributed by atoms with van der Waals surface area (Å²) in [5.74, 6) is -0.0541. The van der Waals surface area contributed by atoms with E-state index in [4.69, 9.17) is 11.3 Å². The fraction of sp³-hybridized carbons (Fsp3) is 0.444. The molecular formula is C18H21BrFN5O. The van der Waals surface area contributed by atoms with Gasteiger partial charge in [0, 0.05) is 25.7 Å². The zero-order valence-electron chi connectivity index (χ0n) is 15.0. The highest BCUT2D eigenvalue weighted by Crippen LogP contribution is 2.47. The summed E-state index contributed by atoms with van der Waals surface area (Å²) in [5.41, 5.74) is 1.23. The van der Waals surface area contributed by atoms with Crippen LogP contribution in [0.5, 0.6) is 5.75 Å². The van der Waals surface area contributed by atoms with E-state index in [9.17, 15) is 0 Å². The van der Waals surface area contributed by atoms with Crippen LogP contribution in [0, 0.1) is 12.4 Å². The van der Waals surface area contributed by atoms with E-state index in [0.29, 0.717) is 28.1 Å². The third-order valence-corrected chi connectivity index (χ3v) is 4.72. The van der Waals surface area contributed by atoms with Crippen molar-refractivity contribution in [3.63, 3.8) is 0 Å². The molecule has 0 spiro atoms. The summed E-state index contributed by atoms with van der Waals surface area (Å²) in [7, 11) is 5.64. The molecule has 26 heavy (non-hydrogen) atoms. The first kappa shape index (κ1) is 18.7. The van der Waals surface area contributed by atoms with Gasteiger partial charge in [-0.25, -0.2) is 9.24 Å². The number of nitrogens with zero attached hydrogens (tertiary/aromatic N) is 4. The fourth-order valence-corrected chi connectivity index (χ4v) is 3.19. The normalized spacial score (nSPS) is 13.7. The van der Waals surface area contributed by atoms with Gasteiger partial charge in [0.2, 0.25) is 5.69 Å². The maximum Gasteiger partial charge on any atom is 0.240 e.